The average molecular weight is 377 g/mol. The molecule has 2 aromatic carbocycles. The fourth-order valence-electron chi connectivity index (χ4n) is 3.76. The van der Waals surface area contributed by atoms with Crippen LogP contribution in [0.2, 0.25) is 0 Å². The van der Waals surface area contributed by atoms with Crippen LogP contribution in [0.5, 0.6) is 0 Å². The highest BCUT2D eigenvalue weighted by molar-refractivity contribution is 5.79. The predicted molar refractivity (Wildman–Crippen MR) is 119 cm³/mol. The molecule has 0 aliphatic rings. The van der Waals surface area contributed by atoms with Crippen molar-refractivity contribution in [2.24, 2.45) is 0 Å². The lowest BCUT2D eigenvalue weighted by Crippen LogP contribution is -2.18. The lowest BCUT2D eigenvalue weighted by molar-refractivity contribution is 0.317. The first-order valence-electron chi connectivity index (χ1n) is 10.5. The van der Waals surface area contributed by atoms with Crippen molar-refractivity contribution in [1.82, 2.24) is 9.88 Å². The third kappa shape index (κ3) is 5.80. The number of nitrogens with one attached hydrogen (secondary N) is 1. The largest absolute Gasteiger partial charge is 0.322 e. The minimum atomic E-state index is 0.0417. The number of rotatable bonds is 10. The van der Waals surface area contributed by atoms with Crippen molar-refractivity contribution in [3.05, 3.63) is 81.6 Å². The number of aromatic nitrogens is 1. The van der Waals surface area contributed by atoms with Crippen LogP contribution in [-0.4, -0.2) is 23.5 Å². The maximum absolute atomic E-state index is 11.9. The van der Waals surface area contributed by atoms with E-state index in [1.807, 2.05) is 19.1 Å². The Morgan fingerprint density at radius 1 is 0.893 bits per heavy atom. The zero-order valence-corrected chi connectivity index (χ0v) is 17.2. The molecule has 0 spiro atoms. The number of aryl methyl sites for hydroxylation is 2. The Balaban J connectivity index is 1.39. The van der Waals surface area contributed by atoms with E-state index in [1.54, 1.807) is 0 Å². The maximum atomic E-state index is 11.9. The van der Waals surface area contributed by atoms with E-state index in [0.717, 1.165) is 42.4 Å². The molecule has 0 radical (unpaired) electrons. The van der Waals surface area contributed by atoms with Gasteiger partial charge in [-0.3, -0.25) is 4.79 Å². The summed E-state index contributed by atoms with van der Waals surface area (Å²) >= 11 is 0. The van der Waals surface area contributed by atoms with E-state index in [2.05, 4.69) is 59.4 Å². The molecule has 148 valence electrons. The zero-order valence-electron chi connectivity index (χ0n) is 17.2. The summed E-state index contributed by atoms with van der Waals surface area (Å²) in [7, 11) is 2.21. The van der Waals surface area contributed by atoms with Crippen LogP contribution in [-0.2, 0) is 19.4 Å². The van der Waals surface area contributed by atoms with Gasteiger partial charge in [0, 0.05) is 17.6 Å². The summed E-state index contributed by atoms with van der Waals surface area (Å²) in [5.74, 6) is 0. The number of fused-ring (bicyclic) bond motifs is 1. The molecule has 0 saturated carbocycles. The van der Waals surface area contributed by atoms with Crippen LogP contribution < -0.4 is 5.56 Å². The summed E-state index contributed by atoms with van der Waals surface area (Å²) in [4.78, 5) is 17.3. The van der Waals surface area contributed by atoms with E-state index in [9.17, 15) is 4.79 Å². The Morgan fingerprint density at radius 3 is 2.46 bits per heavy atom. The van der Waals surface area contributed by atoms with Crippen LogP contribution in [0.25, 0.3) is 10.9 Å². The average Bonchev–Trinajstić information content (AvgIpc) is 2.71. The molecule has 0 aliphatic carbocycles. The van der Waals surface area contributed by atoms with Crippen LogP contribution in [0.1, 0.15) is 49.3 Å². The van der Waals surface area contributed by atoms with Crippen LogP contribution in [0.4, 0.5) is 0 Å². The first kappa shape index (κ1) is 20.3. The van der Waals surface area contributed by atoms with Crippen LogP contribution >= 0.6 is 0 Å². The highest BCUT2D eigenvalue weighted by Crippen LogP contribution is 2.16. The van der Waals surface area contributed by atoms with Crippen LogP contribution in [0.3, 0.4) is 0 Å². The lowest BCUT2D eigenvalue weighted by atomic mass is 10.0. The molecule has 28 heavy (non-hydrogen) atoms. The van der Waals surface area contributed by atoms with Gasteiger partial charge >= 0.3 is 0 Å². The third-order valence-corrected chi connectivity index (χ3v) is 5.42. The highest BCUT2D eigenvalue weighted by atomic mass is 16.1. The van der Waals surface area contributed by atoms with Crippen molar-refractivity contribution in [3.8, 4) is 0 Å². The Bertz CT molecular complexity index is 930. The molecular weight excluding hydrogens is 344 g/mol. The van der Waals surface area contributed by atoms with Crippen molar-refractivity contribution in [2.75, 3.05) is 13.6 Å². The number of nitrogens with zero attached hydrogens (tertiary/aromatic N) is 1. The van der Waals surface area contributed by atoms with E-state index >= 15 is 0 Å². The van der Waals surface area contributed by atoms with Gasteiger partial charge in [-0.25, -0.2) is 0 Å². The molecule has 1 heterocycles. The summed E-state index contributed by atoms with van der Waals surface area (Å²) in [5, 5.41) is 1.15. The summed E-state index contributed by atoms with van der Waals surface area (Å²) in [5.41, 5.74) is 4.59. The highest BCUT2D eigenvalue weighted by Gasteiger charge is 2.03. The Morgan fingerprint density at radius 2 is 1.68 bits per heavy atom. The first-order valence-corrected chi connectivity index (χ1v) is 10.5. The Hall–Kier alpha value is -2.39. The predicted octanol–water partition coefficient (Wildman–Crippen LogP) is 5.33. The number of pyridine rings is 1. The summed E-state index contributed by atoms with van der Waals surface area (Å²) < 4.78 is 0. The topological polar surface area (TPSA) is 36.1 Å². The smallest absolute Gasteiger partial charge is 0.251 e. The molecule has 3 heteroatoms. The summed E-state index contributed by atoms with van der Waals surface area (Å²) in [6.07, 6.45) is 6.90. The molecule has 3 rings (SSSR count). The second-order valence-electron chi connectivity index (χ2n) is 7.79. The second kappa shape index (κ2) is 10.2. The van der Waals surface area contributed by atoms with E-state index in [-0.39, 0.29) is 5.56 Å². The second-order valence-corrected chi connectivity index (χ2v) is 7.79. The standard InChI is InChI=1S/C25H32N2O/c1-3-22-18-23-17-20(14-15-24(23)26-25(22)28)11-7-4-5-10-16-27(2)19-21-12-8-6-9-13-21/h6,8-9,12-15,17-18H,3-5,7,10-11,16,19H2,1-2H3,(H,26,28). The van der Waals surface area contributed by atoms with E-state index in [1.165, 1.54) is 36.8 Å². The fourth-order valence-corrected chi connectivity index (χ4v) is 3.76. The van der Waals surface area contributed by atoms with Gasteiger partial charge in [0.1, 0.15) is 0 Å². The van der Waals surface area contributed by atoms with Crippen molar-refractivity contribution in [1.29, 1.82) is 0 Å². The Labute approximate surface area is 168 Å². The molecule has 0 amide bonds. The van der Waals surface area contributed by atoms with Gasteiger partial charge in [-0.05, 0) is 74.0 Å². The fraction of sp³-hybridized carbons (Fsp3) is 0.400. The van der Waals surface area contributed by atoms with Gasteiger partial charge in [0.2, 0.25) is 0 Å². The molecule has 3 nitrogen and oxygen atoms in total. The molecule has 0 bridgehead atoms. The zero-order chi connectivity index (χ0) is 19.8. The van der Waals surface area contributed by atoms with Crippen LogP contribution in [0.15, 0.2) is 59.4 Å². The van der Waals surface area contributed by atoms with E-state index in [0.29, 0.717) is 0 Å². The number of H-pyrrole nitrogens is 1. The molecule has 3 aromatic rings. The van der Waals surface area contributed by atoms with Gasteiger partial charge in [0.05, 0.1) is 0 Å². The number of aromatic amines is 1. The van der Waals surface area contributed by atoms with Crippen molar-refractivity contribution in [3.63, 3.8) is 0 Å². The minimum absolute atomic E-state index is 0.0417. The van der Waals surface area contributed by atoms with Crippen molar-refractivity contribution >= 4 is 10.9 Å². The van der Waals surface area contributed by atoms with Crippen molar-refractivity contribution in [2.45, 2.75) is 52.0 Å². The molecule has 0 aliphatic heterocycles. The quantitative estimate of drug-likeness (QED) is 0.486. The molecule has 1 N–H and O–H groups in total. The number of hydrogen-bond donors (Lipinski definition) is 1. The normalized spacial score (nSPS) is 11.4. The van der Waals surface area contributed by atoms with Crippen molar-refractivity contribution < 1.29 is 0 Å². The molecule has 0 atom stereocenters. The van der Waals surface area contributed by atoms with Gasteiger partial charge < -0.3 is 9.88 Å². The lowest BCUT2D eigenvalue weighted by Gasteiger charge is -2.16. The van der Waals surface area contributed by atoms with E-state index < -0.39 is 0 Å². The van der Waals surface area contributed by atoms with E-state index in [4.69, 9.17) is 0 Å². The molecule has 0 saturated heterocycles. The monoisotopic (exact) mass is 376 g/mol. The van der Waals surface area contributed by atoms with Gasteiger partial charge in [-0.1, -0.05) is 56.2 Å². The molecular formula is C25H32N2O. The maximum Gasteiger partial charge on any atom is 0.251 e. The Kier molecular flexibility index (Phi) is 7.44. The number of unbranched alkanes of at least 4 members (excludes halogenated alkanes) is 3. The third-order valence-electron chi connectivity index (χ3n) is 5.42. The van der Waals surface area contributed by atoms with Gasteiger partial charge in [0.15, 0.2) is 0 Å². The number of hydrogen-bond acceptors (Lipinski definition) is 2. The summed E-state index contributed by atoms with van der Waals surface area (Å²) in [6, 6.07) is 19.1. The van der Waals surface area contributed by atoms with Gasteiger partial charge in [-0.15, -0.1) is 0 Å². The molecule has 0 unspecified atom stereocenters. The summed E-state index contributed by atoms with van der Waals surface area (Å²) in [6.45, 7) is 4.20. The molecule has 0 fully saturated rings. The number of benzene rings is 2. The van der Waals surface area contributed by atoms with Gasteiger partial charge in [0.25, 0.3) is 5.56 Å². The molecule has 1 aromatic heterocycles. The van der Waals surface area contributed by atoms with Gasteiger partial charge in [-0.2, -0.15) is 0 Å². The minimum Gasteiger partial charge on any atom is -0.322 e. The first-order chi connectivity index (χ1) is 13.7. The SMILES string of the molecule is CCc1cc2cc(CCCCCCN(C)Cc3ccccc3)ccc2[nH]c1=O. The van der Waals surface area contributed by atoms with Crippen LogP contribution in [0, 0.1) is 0 Å².